The molecule has 0 fully saturated rings. The molecule has 0 saturated carbocycles. The second kappa shape index (κ2) is 6.40. The van der Waals surface area contributed by atoms with Crippen molar-refractivity contribution in [2.24, 2.45) is 11.8 Å². The third kappa shape index (κ3) is 4.45. The van der Waals surface area contributed by atoms with Crippen LogP contribution in [0, 0.1) is 11.8 Å². The van der Waals surface area contributed by atoms with Gasteiger partial charge in [0.25, 0.3) is 0 Å². The predicted octanol–water partition coefficient (Wildman–Crippen LogP) is 1.58. The molecule has 0 spiro atoms. The van der Waals surface area contributed by atoms with E-state index in [0.29, 0.717) is 6.42 Å². The Hall–Kier alpha value is -1.12. The predicted molar refractivity (Wildman–Crippen MR) is 50.2 cm³/mol. The van der Waals surface area contributed by atoms with Gasteiger partial charge in [-0.05, 0) is 12.3 Å². The van der Waals surface area contributed by atoms with E-state index in [0.717, 1.165) is 6.29 Å². The Morgan fingerprint density at radius 1 is 1.62 bits per heavy atom. The zero-order chi connectivity index (χ0) is 10.3. The third-order valence-corrected chi connectivity index (χ3v) is 2.13. The Balaban J connectivity index is 3.91. The van der Waals surface area contributed by atoms with Gasteiger partial charge in [-0.2, -0.15) is 0 Å². The minimum atomic E-state index is -0.275. The zero-order valence-corrected chi connectivity index (χ0v) is 8.16. The molecule has 13 heavy (non-hydrogen) atoms. The topological polar surface area (TPSA) is 43.4 Å². The zero-order valence-electron chi connectivity index (χ0n) is 8.16. The molecule has 0 aromatic heterocycles. The fraction of sp³-hybridized carbons (Fsp3) is 0.600. The molecule has 0 radical (unpaired) electrons. The Morgan fingerprint density at radius 3 is 2.62 bits per heavy atom. The average molecular weight is 184 g/mol. The Bertz CT molecular complexity index is 187. The molecular formula is C10H16O3. The average Bonchev–Trinajstić information content (AvgIpc) is 2.17. The molecule has 2 atom stereocenters. The molecular weight excluding hydrogens is 168 g/mol. The van der Waals surface area contributed by atoms with Crippen LogP contribution in [0.25, 0.3) is 0 Å². The molecule has 0 aliphatic rings. The maximum Gasteiger partial charge on any atom is 0.305 e. The molecule has 74 valence electrons. The van der Waals surface area contributed by atoms with Gasteiger partial charge in [-0.25, -0.2) is 0 Å². The Kier molecular flexibility index (Phi) is 5.85. The summed E-state index contributed by atoms with van der Waals surface area (Å²) in [5.74, 6) is -0.290. The summed E-state index contributed by atoms with van der Waals surface area (Å²) in [5.41, 5.74) is 0. The fourth-order valence-corrected chi connectivity index (χ4v) is 1.02. The highest BCUT2D eigenvalue weighted by atomic mass is 16.5. The number of carbonyl (C=O) groups excluding carboxylic acids is 2. The molecule has 0 N–H and O–H groups in total. The summed E-state index contributed by atoms with van der Waals surface area (Å²) >= 11 is 0. The van der Waals surface area contributed by atoms with Crippen molar-refractivity contribution in [3.05, 3.63) is 12.7 Å². The van der Waals surface area contributed by atoms with Crippen LogP contribution in [0.3, 0.4) is 0 Å². The number of rotatable bonds is 6. The minimum absolute atomic E-state index is 0.113. The van der Waals surface area contributed by atoms with Crippen LogP contribution in [0.2, 0.25) is 0 Å². The van der Waals surface area contributed by atoms with Crippen LogP contribution >= 0.6 is 0 Å². The molecule has 0 saturated heterocycles. The number of ether oxygens (including phenoxy) is 1. The SMILES string of the molecule is C=CC(C)C(C=O)CCC(=O)OC. The van der Waals surface area contributed by atoms with Gasteiger partial charge in [-0.1, -0.05) is 13.0 Å². The van der Waals surface area contributed by atoms with Crippen molar-refractivity contribution >= 4 is 12.3 Å². The number of methoxy groups -OCH3 is 1. The largest absolute Gasteiger partial charge is 0.469 e. The summed E-state index contributed by atoms with van der Waals surface area (Å²) in [6.45, 7) is 5.51. The van der Waals surface area contributed by atoms with Crippen LogP contribution in [0.4, 0.5) is 0 Å². The molecule has 0 aliphatic heterocycles. The van der Waals surface area contributed by atoms with Gasteiger partial charge >= 0.3 is 5.97 Å². The van der Waals surface area contributed by atoms with Gasteiger partial charge in [0.05, 0.1) is 7.11 Å². The first-order valence-electron chi connectivity index (χ1n) is 4.30. The molecule has 0 aromatic rings. The summed E-state index contributed by atoms with van der Waals surface area (Å²) in [6.07, 6.45) is 3.41. The van der Waals surface area contributed by atoms with E-state index < -0.39 is 0 Å². The number of allylic oxidation sites excluding steroid dienone is 1. The number of hydrogen-bond donors (Lipinski definition) is 0. The van der Waals surface area contributed by atoms with Gasteiger partial charge in [0.2, 0.25) is 0 Å². The van der Waals surface area contributed by atoms with E-state index in [1.54, 1.807) is 6.08 Å². The summed E-state index contributed by atoms with van der Waals surface area (Å²) in [4.78, 5) is 21.4. The van der Waals surface area contributed by atoms with E-state index in [2.05, 4.69) is 11.3 Å². The van der Waals surface area contributed by atoms with Crippen molar-refractivity contribution in [1.82, 2.24) is 0 Å². The molecule has 0 amide bonds. The van der Waals surface area contributed by atoms with Crippen molar-refractivity contribution in [2.75, 3.05) is 7.11 Å². The lowest BCUT2D eigenvalue weighted by atomic mass is 9.91. The molecule has 0 bridgehead atoms. The van der Waals surface area contributed by atoms with E-state index in [-0.39, 0.29) is 24.2 Å². The molecule has 0 aliphatic carbocycles. The molecule has 0 heterocycles. The first-order chi connectivity index (χ1) is 6.15. The first-order valence-corrected chi connectivity index (χ1v) is 4.30. The summed E-state index contributed by atoms with van der Waals surface area (Å²) in [5, 5.41) is 0. The highest BCUT2D eigenvalue weighted by Gasteiger charge is 2.15. The van der Waals surface area contributed by atoms with Crippen molar-refractivity contribution in [2.45, 2.75) is 19.8 Å². The Labute approximate surface area is 78.8 Å². The fourth-order valence-electron chi connectivity index (χ4n) is 1.02. The standard InChI is InChI=1S/C10H16O3/c1-4-8(2)9(7-11)5-6-10(12)13-3/h4,7-9H,1,5-6H2,2-3H3. The minimum Gasteiger partial charge on any atom is -0.469 e. The van der Waals surface area contributed by atoms with Crippen LogP contribution < -0.4 is 0 Å². The lowest BCUT2D eigenvalue weighted by Crippen LogP contribution is -2.13. The van der Waals surface area contributed by atoms with E-state index in [1.165, 1.54) is 7.11 Å². The van der Waals surface area contributed by atoms with E-state index in [9.17, 15) is 9.59 Å². The van der Waals surface area contributed by atoms with Crippen LogP contribution in [-0.2, 0) is 14.3 Å². The smallest absolute Gasteiger partial charge is 0.305 e. The number of esters is 1. The first kappa shape index (κ1) is 11.9. The van der Waals surface area contributed by atoms with Gasteiger partial charge < -0.3 is 9.53 Å². The van der Waals surface area contributed by atoms with Crippen molar-refractivity contribution in [3.63, 3.8) is 0 Å². The lowest BCUT2D eigenvalue weighted by Gasteiger charge is -2.13. The number of carbonyl (C=O) groups is 2. The van der Waals surface area contributed by atoms with Gasteiger partial charge in [0.1, 0.15) is 6.29 Å². The monoisotopic (exact) mass is 184 g/mol. The molecule has 3 nitrogen and oxygen atoms in total. The maximum absolute atomic E-state index is 10.8. The van der Waals surface area contributed by atoms with Gasteiger partial charge in [-0.3, -0.25) is 4.79 Å². The summed E-state index contributed by atoms with van der Waals surface area (Å²) in [6, 6.07) is 0. The second-order valence-electron chi connectivity index (χ2n) is 3.01. The van der Waals surface area contributed by atoms with Crippen LogP contribution in [0.5, 0.6) is 0 Å². The van der Waals surface area contributed by atoms with E-state index in [4.69, 9.17) is 0 Å². The van der Waals surface area contributed by atoms with Crippen molar-refractivity contribution < 1.29 is 14.3 Å². The highest BCUT2D eigenvalue weighted by Crippen LogP contribution is 2.16. The van der Waals surface area contributed by atoms with Crippen LogP contribution in [-0.4, -0.2) is 19.4 Å². The van der Waals surface area contributed by atoms with Gasteiger partial charge in [-0.15, -0.1) is 6.58 Å². The van der Waals surface area contributed by atoms with Gasteiger partial charge in [0, 0.05) is 12.3 Å². The number of aldehydes is 1. The van der Waals surface area contributed by atoms with Crippen molar-refractivity contribution in [1.29, 1.82) is 0 Å². The second-order valence-corrected chi connectivity index (χ2v) is 3.01. The molecule has 2 unspecified atom stereocenters. The third-order valence-electron chi connectivity index (χ3n) is 2.13. The summed E-state index contributed by atoms with van der Waals surface area (Å²) in [7, 11) is 1.34. The highest BCUT2D eigenvalue weighted by molar-refractivity contribution is 5.69. The number of hydrogen-bond acceptors (Lipinski definition) is 3. The molecule has 3 heteroatoms. The summed E-state index contributed by atoms with van der Waals surface area (Å²) < 4.78 is 4.48. The normalized spacial score (nSPS) is 14.3. The maximum atomic E-state index is 10.8. The van der Waals surface area contributed by atoms with E-state index >= 15 is 0 Å². The lowest BCUT2D eigenvalue weighted by molar-refractivity contribution is -0.141. The van der Waals surface area contributed by atoms with Crippen LogP contribution in [0.15, 0.2) is 12.7 Å². The molecule has 0 aromatic carbocycles. The quantitative estimate of drug-likeness (QED) is 0.357. The van der Waals surface area contributed by atoms with E-state index in [1.807, 2.05) is 6.92 Å². The van der Waals surface area contributed by atoms with Gasteiger partial charge in [0.15, 0.2) is 0 Å². The van der Waals surface area contributed by atoms with Crippen molar-refractivity contribution in [3.8, 4) is 0 Å². The Morgan fingerprint density at radius 2 is 2.23 bits per heavy atom. The van der Waals surface area contributed by atoms with Crippen LogP contribution in [0.1, 0.15) is 19.8 Å². The molecule has 0 rings (SSSR count).